The van der Waals surface area contributed by atoms with E-state index in [1.165, 1.54) is 20.6 Å². The Morgan fingerprint density at radius 1 is 1.24 bits per heavy atom. The Hall–Kier alpha value is -0.800. The number of halogens is 1. The molecule has 0 aliphatic rings. The third kappa shape index (κ3) is 3.11. The highest BCUT2D eigenvalue weighted by atomic mass is 79.9. The molecule has 0 bridgehead atoms. The smallest absolute Gasteiger partial charge is 0.0505 e. The summed E-state index contributed by atoms with van der Waals surface area (Å²) in [5.41, 5.74) is 2.61. The maximum absolute atomic E-state index is 3.56. The van der Waals surface area contributed by atoms with Gasteiger partial charge in [-0.3, -0.25) is 0 Å². The fourth-order valence-electron chi connectivity index (χ4n) is 1.79. The van der Waals surface area contributed by atoms with Gasteiger partial charge < -0.3 is 5.32 Å². The first-order chi connectivity index (χ1) is 8.18. The molecule has 1 heterocycles. The molecular weight excluding hydrogens is 294 g/mol. The van der Waals surface area contributed by atoms with Crippen LogP contribution in [-0.2, 0) is 6.54 Å². The zero-order valence-corrected chi connectivity index (χ0v) is 12.4. The quantitative estimate of drug-likeness (QED) is 0.813. The molecule has 0 fully saturated rings. The van der Waals surface area contributed by atoms with Gasteiger partial charge in [0.15, 0.2) is 0 Å². The van der Waals surface area contributed by atoms with Gasteiger partial charge in [-0.25, -0.2) is 0 Å². The molecule has 1 aromatic carbocycles. The standard InChI is InChI=1S/C14H16BrNS/c1-10(2)11-5-3-4-6-13(11)16-9-14-12(15)7-8-17-14/h3-8,10,16H,9H2,1-2H3. The fraction of sp³-hybridized carbons (Fsp3) is 0.286. The lowest BCUT2D eigenvalue weighted by atomic mass is 10.0. The van der Waals surface area contributed by atoms with Gasteiger partial charge in [0.2, 0.25) is 0 Å². The maximum atomic E-state index is 3.56. The van der Waals surface area contributed by atoms with E-state index in [1.807, 2.05) is 0 Å². The summed E-state index contributed by atoms with van der Waals surface area (Å²) in [5.74, 6) is 0.547. The largest absolute Gasteiger partial charge is 0.380 e. The minimum absolute atomic E-state index is 0.547. The Morgan fingerprint density at radius 2 is 2.00 bits per heavy atom. The van der Waals surface area contributed by atoms with Crippen molar-refractivity contribution in [2.45, 2.75) is 26.3 Å². The molecule has 1 aromatic heterocycles. The van der Waals surface area contributed by atoms with Crippen molar-refractivity contribution in [3.8, 4) is 0 Å². The normalized spacial score (nSPS) is 10.8. The van der Waals surface area contributed by atoms with Crippen molar-refractivity contribution in [1.82, 2.24) is 0 Å². The Bertz CT molecular complexity index is 490. The van der Waals surface area contributed by atoms with Gasteiger partial charge in [-0.1, -0.05) is 32.0 Å². The summed E-state index contributed by atoms with van der Waals surface area (Å²) in [6, 6.07) is 10.6. The number of para-hydroxylation sites is 1. The Balaban J connectivity index is 2.11. The summed E-state index contributed by atoms with van der Waals surface area (Å²) in [6.07, 6.45) is 0. The van der Waals surface area contributed by atoms with Gasteiger partial charge in [-0.05, 0) is 44.9 Å². The highest BCUT2D eigenvalue weighted by molar-refractivity contribution is 9.10. The molecule has 0 saturated carbocycles. The second-order valence-electron chi connectivity index (χ2n) is 4.29. The van der Waals surface area contributed by atoms with Crippen LogP contribution < -0.4 is 5.32 Å². The Kier molecular flexibility index (Phi) is 4.24. The molecule has 3 heteroatoms. The van der Waals surface area contributed by atoms with E-state index < -0.39 is 0 Å². The fourth-order valence-corrected chi connectivity index (χ4v) is 3.22. The molecule has 0 radical (unpaired) electrons. The van der Waals surface area contributed by atoms with Crippen molar-refractivity contribution in [3.63, 3.8) is 0 Å². The summed E-state index contributed by atoms with van der Waals surface area (Å²) in [6.45, 7) is 5.32. The van der Waals surface area contributed by atoms with Crippen LogP contribution in [-0.4, -0.2) is 0 Å². The van der Waals surface area contributed by atoms with Crippen LogP contribution in [0.4, 0.5) is 5.69 Å². The Morgan fingerprint density at radius 3 is 2.65 bits per heavy atom. The number of hydrogen-bond donors (Lipinski definition) is 1. The molecule has 17 heavy (non-hydrogen) atoms. The lowest BCUT2D eigenvalue weighted by molar-refractivity contribution is 0.866. The summed E-state index contributed by atoms with van der Waals surface area (Å²) in [5, 5.41) is 5.62. The van der Waals surface area contributed by atoms with E-state index in [9.17, 15) is 0 Å². The molecule has 90 valence electrons. The number of benzene rings is 1. The zero-order valence-electron chi connectivity index (χ0n) is 10.0. The molecule has 0 atom stereocenters. The van der Waals surface area contributed by atoms with Crippen LogP contribution in [0.1, 0.15) is 30.2 Å². The van der Waals surface area contributed by atoms with Crippen LogP contribution in [0.15, 0.2) is 40.2 Å². The van der Waals surface area contributed by atoms with Gasteiger partial charge in [0.25, 0.3) is 0 Å². The molecule has 0 spiro atoms. The average Bonchev–Trinajstić information content (AvgIpc) is 2.72. The van der Waals surface area contributed by atoms with E-state index >= 15 is 0 Å². The van der Waals surface area contributed by atoms with Crippen LogP contribution in [0.5, 0.6) is 0 Å². The molecule has 0 amide bonds. The minimum atomic E-state index is 0.547. The van der Waals surface area contributed by atoms with Crippen molar-refractivity contribution < 1.29 is 0 Å². The van der Waals surface area contributed by atoms with Crippen LogP contribution in [0.3, 0.4) is 0 Å². The predicted molar refractivity (Wildman–Crippen MR) is 79.9 cm³/mol. The number of thiophene rings is 1. The molecule has 1 nitrogen and oxygen atoms in total. The first-order valence-electron chi connectivity index (χ1n) is 5.73. The number of nitrogens with one attached hydrogen (secondary N) is 1. The number of rotatable bonds is 4. The Labute approximate surface area is 115 Å². The molecule has 0 aliphatic carbocycles. The van der Waals surface area contributed by atoms with Gasteiger partial charge in [-0.15, -0.1) is 11.3 Å². The van der Waals surface area contributed by atoms with Crippen molar-refractivity contribution in [2.75, 3.05) is 5.32 Å². The average molecular weight is 310 g/mol. The molecular formula is C14H16BrNS. The van der Waals surface area contributed by atoms with E-state index in [1.54, 1.807) is 11.3 Å². The first kappa shape index (κ1) is 12.7. The summed E-state index contributed by atoms with van der Waals surface area (Å²) in [4.78, 5) is 1.34. The van der Waals surface area contributed by atoms with E-state index in [-0.39, 0.29) is 0 Å². The lowest BCUT2D eigenvalue weighted by Gasteiger charge is -2.14. The van der Waals surface area contributed by atoms with Gasteiger partial charge in [0.05, 0.1) is 6.54 Å². The SMILES string of the molecule is CC(C)c1ccccc1NCc1sccc1Br. The molecule has 0 aliphatic heterocycles. The van der Waals surface area contributed by atoms with Crippen LogP contribution >= 0.6 is 27.3 Å². The zero-order chi connectivity index (χ0) is 12.3. The summed E-state index contributed by atoms with van der Waals surface area (Å²) >= 11 is 5.33. The summed E-state index contributed by atoms with van der Waals surface area (Å²) in [7, 11) is 0. The van der Waals surface area contributed by atoms with Gasteiger partial charge >= 0.3 is 0 Å². The van der Waals surface area contributed by atoms with Gasteiger partial charge in [0, 0.05) is 15.0 Å². The highest BCUT2D eigenvalue weighted by Crippen LogP contribution is 2.27. The van der Waals surface area contributed by atoms with E-state index in [0.29, 0.717) is 5.92 Å². The third-order valence-electron chi connectivity index (χ3n) is 2.71. The van der Waals surface area contributed by atoms with E-state index in [2.05, 4.69) is 70.8 Å². The van der Waals surface area contributed by atoms with Crippen LogP contribution in [0, 0.1) is 0 Å². The second kappa shape index (κ2) is 5.69. The van der Waals surface area contributed by atoms with Crippen LogP contribution in [0.25, 0.3) is 0 Å². The van der Waals surface area contributed by atoms with E-state index in [4.69, 9.17) is 0 Å². The minimum Gasteiger partial charge on any atom is -0.380 e. The van der Waals surface area contributed by atoms with Gasteiger partial charge in [0.1, 0.15) is 0 Å². The van der Waals surface area contributed by atoms with Crippen molar-refractivity contribution >= 4 is 33.0 Å². The topological polar surface area (TPSA) is 12.0 Å². The lowest BCUT2D eigenvalue weighted by Crippen LogP contribution is -2.02. The molecule has 1 N–H and O–H groups in total. The number of hydrogen-bond acceptors (Lipinski definition) is 2. The molecule has 0 unspecified atom stereocenters. The second-order valence-corrected chi connectivity index (χ2v) is 6.14. The van der Waals surface area contributed by atoms with Crippen molar-refractivity contribution in [3.05, 3.63) is 50.6 Å². The predicted octanol–water partition coefficient (Wildman–Crippen LogP) is 5.25. The molecule has 2 aromatic rings. The molecule has 2 rings (SSSR count). The third-order valence-corrected chi connectivity index (χ3v) is 4.64. The highest BCUT2D eigenvalue weighted by Gasteiger charge is 2.06. The maximum Gasteiger partial charge on any atom is 0.0505 e. The van der Waals surface area contributed by atoms with Crippen molar-refractivity contribution in [2.24, 2.45) is 0 Å². The monoisotopic (exact) mass is 309 g/mol. The first-order valence-corrected chi connectivity index (χ1v) is 7.40. The summed E-state index contributed by atoms with van der Waals surface area (Å²) < 4.78 is 1.19. The number of anilines is 1. The van der Waals surface area contributed by atoms with Crippen molar-refractivity contribution in [1.29, 1.82) is 0 Å². The van der Waals surface area contributed by atoms with E-state index in [0.717, 1.165) is 6.54 Å². The molecule has 0 saturated heterocycles. The van der Waals surface area contributed by atoms with Crippen LogP contribution in [0.2, 0.25) is 0 Å². The van der Waals surface area contributed by atoms with Gasteiger partial charge in [-0.2, -0.15) is 0 Å².